The summed E-state index contributed by atoms with van der Waals surface area (Å²) in [5.74, 6) is -0.105. The number of carbonyl (C=O) groups excluding carboxylic acids is 2. The van der Waals surface area contributed by atoms with E-state index >= 15 is 0 Å². The summed E-state index contributed by atoms with van der Waals surface area (Å²) in [5, 5.41) is 3.25. The van der Waals surface area contributed by atoms with Gasteiger partial charge in [-0.25, -0.2) is 0 Å². The molecule has 0 radical (unpaired) electrons. The molecule has 108 valence electrons. The molecule has 0 aliphatic carbocycles. The predicted molar refractivity (Wildman–Crippen MR) is 80.1 cm³/mol. The number of hydrogen-bond donors (Lipinski definition) is 1. The topological polar surface area (TPSA) is 49.4 Å². The first kappa shape index (κ1) is 15.0. The number of hydrogen-bond acceptors (Lipinski definition) is 3. The fourth-order valence-electron chi connectivity index (χ4n) is 3.05. The molecule has 2 saturated heterocycles. The molecule has 0 aromatic heterocycles. The Morgan fingerprint density at radius 3 is 2.50 bits per heavy atom. The number of nitrogens with one attached hydrogen (secondary N) is 1. The highest BCUT2D eigenvalue weighted by molar-refractivity contribution is 6.22. The standard InChI is InChI=1S/C15H18N2O2.ClH/c1-11-3-5-12(6-4-11)17-13(18)9-15(14(17)19)7-2-8-16-10-15;/h3-6,16H,2,7-10H2,1H3;1H. The highest BCUT2D eigenvalue weighted by atomic mass is 35.5. The number of carbonyl (C=O) groups is 2. The molecule has 1 aromatic rings. The molecular formula is C15H19ClN2O2. The first-order chi connectivity index (χ1) is 9.12. The van der Waals surface area contributed by atoms with Crippen molar-refractivity contribution in [3.05, 3.63) is 29.8 Å². The summed E-state index contributed by atoms with van der Waals surface area (Å²) in [5.41, 5.74) is 1.32. The number of piperidine rings is 1. The van der Waals surface area contributed by atoms with Gasteiger partial charge in [0.15, 0.2) is 0 Å². The lowest BCUT2D eigenvalue weighted by molar-refractivity contribution is -0.126. The SMILES string of the molecule is Cc1ccc(N2C(=O)CC3(CCCNC3)C2=O)cc1.Cl. The van der Waals surface area contributed by atoms with Crippen molar-refractivity contribution in [3.8, 4) is 0 Å². The number of imide groups is 1. The van der Waals surface area contributed by atoms with Crippen LogP contribution in [0.2, 0.25) is 0 Å². The molecule has 1 spiro atoms. The van der Waals surface area contributed by atoms with Crippen LogP contribution in [0, 0.1) is 12.3 Å². The van der Waals surface area contributed by atoms with Crippen molar-refractivity contribution >= 4 is 29.9 Å². The van der Waals surface area contributed by atoms with E-state index in [0.29, 0.717) is 18.7 Å². The van der Waals surface area contributed by atoms with Gasteiger partial charge in [-0.05, 0) is 38.4 Å². The zero-order valence-corrected chi connectivity index (χ0v) is 12.3. The van der Waals surface area contributed by atoms with E-state index < -0.39 is 5.41 Å². The van der Waals surface area contributed by atoms with Gasteiger partial charge in [-0.2, -0.15) is 0 Å². The number of amides is 2. The normalized spacial score (nSPS) is 25.9. The molecular weight excluding hydrogens is 276 g/mol. The zero-order valence-electron chi connectivity index (χ0n) is 11.5. The van der Waals surface area contributed by atoms with E-state index in [2.05, 4.69) is 5.32 Å². The highest BCUT2D eigenvalue weighted by Gasteiger charge is 2.52. The average Bonchev–Trinajstić information content (AvgIpc) is 2.64. The lowest BCUT2D eigenvalue weighted by atomic mass is 9.79. The Labute approximate surface area is 124 Å². The van der Waals surface area contributed by atoms with Crippen LogP contribution in [0.15, 0.2) is 24.3 Å². The van der Waals surface area contributed by atoms with Crippen LogP contribution >= 0.6 is 12.4 Å². The fraction of sp³-hybridized carbons (Fsp3) is 0.467. The summed E-state index contributed by atoms with van der Waals surface area (Å²) in [4.78, 5) is 26.2. The van der Waals surface area contributed by atoms with Crippen molar-refractivity contribution in [2.75, 3.05) is 18.0 Å². The van der Waals surface area contributed by atoms with Gasteiger partial charge in [0.05, 0.1) is 11.1 Å². The summed E-state index contributed by atoms with van der Waals surface area (Å²) in [6.07, 6.45) is 2.11. The third-order valence-electron chi connectivity index (χ3n) is 4.16. The van der Waals surface area contributed by atoms with E-state index in [1.807, 2.05) is 31.2 Å². The van der Waals surface area contributed by atoms with Crippen LogP contribution in [-0.4, -0.2) is 24.9 Å². The second kappa shape index (κ2) is 5.54. The lowest BCUT2D eigenvalue weighted by Gasteiger charge is -2.31. The molecule has 0 saturated carbocycles. The van der Waals surface area contributed by atoms with Crippen molar-refractivity contribution < 1.29 is 9.59 Å². The smallest absolute Gasteiger partial charge is 0.241 e. The number of rotatable bonds is 1. The van der Waals surface area contributed by atoms with Crippen LogP contribution in [0.1, 0.15) is 24.8 Å². The molecule has 20 heavy (non-hydrogen) atoms. The predicted octanol–water partition coefficient (Wildman–Crippen LogP) is 2.05. The van der Waals surface area contributed by atoms with Gasteiger partial charge in [-0.3, -0.25) is 14.5 Å². The van der Waals surface area contributed by atoms with Crippen molar-refractivity contribution in [1.29, 1.82) is 0 Å². The molecule has 1 aromatic carbocycles. The summed E-state index contributed by atoms with van der Waals surface area (Å²) in [7, 11) is 0. The van der Waals surface area contributed by atoms with Crippen LogP contribution in [0.25, 0.3) is 0 Å². The number of halogens is 1. The Kier molecular flexibility index (Phi) is 4.16. The largest absolute Gasteiger partial charge is 0.316 e. The molecule has 1 N–H and O–H groups in total. The maximum absolute atomic E-state index is 12.6. The Morgan fingerprint density at radius 1 is 1.20 bits per heavy atom. The van der Waals surface area contributed by atoms with Crippen molar-refractivity contribution in [3.63, 3.8) is 0 Å². The molecule has 2 amide bonds. The van der Waals surface area contributed by atoms with Gasteiger partial charge in [-0.15, -0.1) is 12.4 Å². The van der Waals surface area contributed by atoms with Gasteiger partial charge >= 0.3 is 0 Å². The average molecular weight is 295 g/mol. The third-order valence-corrected chi connectivity index (χ3v) is 4.16. The van der Waals surface area contributed by atoms with E-state index in [0.717, 1.165) is 24.9 Å². The van der Waals surface area contributed by atoms with Crippen LogP contribution in [-0.2, 0) is 9.59 Å². The van der Waals surface area contributed by atoms with Gasteiger partial charge in [0, 0.05) is 13.0 Å². The van der Waals surface area contributed by atoms with E-state index in [4.69, 9.17) is 0 Å². The quantitative estimate of drug-likeness (QED) is 0.807. The van der Waals surface area contributed by atoms with Gasteiger partial charge in [-0.1, -0.05) is 17.7 Å². The molecule has 2 heterocycles. The monoisotopic (exact) mass is 294 g/mol. The van der Waals surface area contributed by atoms with Crippen LogP contribution < -0.4 is 10.2 Å². The van der Waals surface area contributed by atoms with E-state index in [9.17, 15) is 9.59 Å². The minimum atomic E-state index is -0.500. The summed E-state index contributed by atoms with van der Waals surface area (Å²) < 4.78 is 0. The fourth-order valence-corrected chi connectivity index (χ4v) is 3.05. The lowest BCUT2D eigenvalue weighted by Crippen LogP contribution is -2.45. The second-order valence-corrected chi connectivity index (χ2v) is 5.61. The summed E-state index contributed by atoms with van der Waals surface area (Å²) in [6, 6.07) is 7.56. The Balaban J connectivity index is 0.00000147. The maximum atomic E-state index is 12.6. The maximum Gasteiger partial charge on any atom is 0.241 e. The van der Waals surface area contributed by atoms with Crippen molar-refractivity contribution in [2.45, 2.75) is 26.2 Å². The molecule has 1 unspecified atom stereocenters. The molecule has 4 nitrogen and oxygen atoms in total. The van der Waals surface area contributed by atoms with E-state index in [-0.39, 0.29) is 24.2 Å². The van der Waals surface area contributed by atoms with Crippen LogP contribution in [0.4, 0.5) is 5.69 Å². The Morgan fingerprint density at radius 2 is 1.90 bits per heavy atom. The van der Waals surface area contributed by atoms with E-state index in [1.54, 1.807) is 0 Å². The zero-order chi connectivity index (χ0) is 13.5. The van der Waals surface area contributed by atoms with Crippen molar-refractivity contribution in [1.82, 2.24) is 5.32 Å². The molecule has 1 atom stereocenters. The molecule has 2 aliphatic heterocycles. The van der Waals surface area contributed by atoms with E-state index in [1.165, 1.54) is 4.90 Å². The second-order valence-electron chi connectivity index (χ2n) is 5.61. The number of nitrogens with zero attached hydrogens (tertiary/aromatic N) is 1. The van der Waals surface area contributed by atoms with Crippen LogP contribution in [0.5, 0.6) is 0 Å². The Hall–Kier alpha value is -1.39. The molecule has 3 rings (SSSR count). The number of benzene rings is 1. The first-order valence-electron chi connectivity index (χ1n) is 6.77. The van der Waals surface area contributed by atoms with Gasteiger partial charge < -0.3 is 5.32 Å². The molecule has 2 fully saturated rings. The van der Waals surface area contributed by atoms with Gasteiger partial charge in [0.2, 0.25) is 11.8 Å². The van der Waals surface area contributed by atoms with Crippen LogP contribution in [0.3, 0.4) is 0 Å². The Bertz CT molecular complexity index is 521. The number of aryl methyl sites for hydroxylation is 1. The van der Waals surface area contributed by atoms with Gasteiger partial charge in [0.25, 0.3) is 0 Å². The third kappa shape index (κ3) is 2.34. The first-order valence-corrected chi connectivity index (χ1v) is 6.77. The summed E-state index contributed by atoms with van der Waals surface area (Å²) in [6.45, 7) is 3.55. The number of anilines is 1. The van der Waals surface area contributed by atoms with Gasteiger partial charge in [0.1, 0.15) is 0 Å². The molecule has 0 bridgehead atoms. The molecule has 2 aliphatic rings. The minimum Gasteiger partial charge on any atom is -0.316 e. The minimum absolute atomic E-state index is 0. The summed E-state index contributed by atoms with van der Waals surface area (Å²) >= 11 is 0. The van der Waals surface area contributed by atoms with Crippen molar-refractivity contribution in [2.24, 2.45) is 5.41 Å². The highest BCUT2D eigenvalue weighted by Crippen LogP contribution is 2.40. The molecule has 5 heteroatoms.